The van der Waals surface area contributed by atoms with E-state index in [-0.39, 0.29) is 11.4 Å². The zero-order chi connectivity index (χ0) is 18.8. The molecular formula is C20H18FN3OS2. The van der Waals surface area contributed by atoms with E-state index < -0.39 is 0 Å². The first-order valence-corrected chi connectivity index (χ1v) is 10.6. The number of thioether (sulfide) groups is 1. The number of pyridine rings is 1. The van der Waals surface area contributed by atoms with Crippen molar-refractivity contribution < 1.29 is 4.39 Å². The highest BCUT2D eigenvalue weighted by Crippen LogP contribution is 2.30. The summed E-state index contributed by atoms with van der Waals surface area (Å²) in [4.78, 5) is 23.3. The number of nitrogens with zero attached hydrogens (tertiary/aromatic N) is 3. The molecule has 0 bridgehead atoms. The first kappa shape index (κ1) is 18.1. The number of unbranched alkanes of at least 4 members (excludes halogenated alkanes) is 1. The van der Waals surface area contributed by atoms with Crippen LogP contribution in [0.2, 0.25) is 0 Å². The zero-order valence-electron chi connectivity index (χ0n) is 14.8. The first-order valence-electron chi connectivity index (χ1n) is 8.82. The maximum atomic E-state index is 13.2. The summed E-state index contributed by atoms with van der Waals surface area (Å²) in [6.45, 7) is 2.51. The fourth-order valence-electron chi connectivity index (χ4n) is 2.87. The molecule has 3 heterocycles. The van der Waals surface area contributed by atoms with Crippen LogP contribution in [0.4, 0.5) is 4.39 Å². The van der Waals surface area contributed by atoms with Gasteiger partial charge in [-0.25, -0.2) is 14.4 Å². The van der Waals surface area contributed by atoms with Crippen molar-refractivity contribution in [1.29, 1.82) is 0 Å². The molecule has 1 aromatic carbocycles. The molecule has 3 aromatic heterocycles. The molecule has 27 heavy (non-hydrogen) atoms. The summed E-state index contributed by atoms with van der Waals surface area (Å²) in [5, 5.41) is 1.62. The number of aromatic nitrogens is 3. The number of fused-ring (bicyclic) bond motifs is 3. The van der Waals surface area contributed by atoms with Gasteiger partial charge in [0.15, 0.2) is 5.16 Å². The highest BCUT2D eigenvalue weighted by molar-refractivity contribution is 7.99. The third-order valence-electron chi connectivity index (χ3n) is 4.30. The number of hydrogen-bond acceptors (Lipinski definition) is 5. The van der Waals surface area contributed by atoms with Crippen LogP contribution in [0.1, 0.15) is 25.3 Å². The van der Waals surface area contributed by atoms with E-state index >= 15 is 0 Å². The fraction of sp³-hybridized carbons (Fsp3) is 0.250. The van der Waals surface area contributed by atoms with Crippen molar-refractivity contribution in [2.75, 3.05) is 5.75 Å². The smallest absolute Gasteiger partial charge is 0.272 e. The molecule has 0 saturated heterocycles. The maximum absolute atomic E-state index is 13.2. The van der Waals surface area contributed by atoms with Gasteiger partial charge >= 0.3 is 0 Å². The van der Waals surface area contributed by atoms with Crippen LogP contribution in [0.3, 0.4) is 0 Å². The van der Waals surface area contributed by atoms with Gasteiger partial charge in [-0.2, -0.15) is 0 Å². The molecular weight excluding hydrogens is 381 g/mol. The van der Waals surface area contributed by atoms with Crippen molar-refractivity contribution in [3.05, 3.63) is 64.3 Å². The van der Waals surface area contributed by atoms with E-state index in [1.807, 2.05) is 12.1 Å². The van der Waals surface area contributed by atoms with Crippen molar-refractivity contribution in [2.45, 2.75) is 31.5 Å². The van der Waals surface area contributed by atoms with E-state index in [2.05, 4.69) is 11.9 Å². The molecule has 0 aliphatic heterocycles. The van der Waals surface area contributed by atoms with Gasteiger partial charge < -0.3 is 0 Å². The van der Waals surface area contributed by atoms with Crippen molar-refractivity contribution in [3.63, 3.8) is 0 Å². The highest BCUT2D eigenvalue weighted by Gasteiger charge is 2.17. The van der Waals surface area contributed by atoms with E-state index in [9.17, 15) is 9.18 Å². The van der Waals surface area contributed by atoms with Gasteiger partial charge in [-0.3, -0.25) is 9.36 Å². The third kappa shape index (κ3) is 3.61. The third-order valence-corrected chi connectivity index (χ3v) is 6.45. The minimum absolute atomic E-state index is 0.0636. The predicted molar refractivity (Wildman–Crippen MR) is 110 cm³/mol. The second-order valence-corrected chi connectivity index (χ2v) is 8.31. The molecule has 0 amide bonds. The highest BCUT2D eigenvalue weighted by atomic mass is 32.2. The molecule has 4 nitrogen and oxygen atoms in total. The van der Waals surface area contributed by atoms with Crippen molar-refractivity contribution in [2.24, 2.45) is 0 Å². The van der Waals surface area contributed by atoms with Gasteiger partial charge in [0.25, 0.3) is 5.56 Å². The topological polar surface area (TPSA) is 47.8 Å². The lowest BCUT2D eigenvalue weighted by Crippen LogP contribution is -2.23. The quantitative estimate of drug-likeness (QED) is 0.258. The van der Waals surface area contributed by atoms with Gasteiger partial charge in [-0.05, 0) is 36.2 Å². The summed E-state index contributed by atoms with van der Waals surface area (Å²) < 4.78 is 15.5. The number of halogens is 1. The lowest BCUT2D eigenvalue weighted by molar-refractivity contribution is 0.623. The van der Waals surface area contributed by atoms with Gasteiger partial charge in [0.05, 0.1) is 12.1 Å². The summed E-state index contributed by atoms with van der Waals surface area (Å²) in [6.07, 6.45) is 3.87. The van der Waals surface area contributed by atoms with Gasteiger partial charge in [0.1, 0.15) is 15.3 Å². The molecule has 0 aliphatic rings. The summed E-state index contributed by atoms with van der Waals surface area (Å²) in [5.41, 5.74) is 1.53. The monoisotopic (exact) mass is 399 g/mol. The number of rotatable bonds is 6. The lowest BCUT2D eigenvalue weighted by atomic mass is 10.2. The van der Waals surface area contributed by atoms with Crippen molar-refractivity contribution >= 4 is 43.5 Å². The molecule has 0 radical (unpaired) electrons. The Morgan fingerprint density at radius 2 is 2.04 bits per heavy atom. The van der Waals surface area contributed by atoms with Crippen molar-refractivity contribution in [1.82, 2.24) is 14.5 Å². The van der Waals surface area contributed by atoms with Crippen LogP contribution in [0.15, 0.2) is 52.5 Å². The second kappa shape index (κ2) is 7.78. The Morgan fingerprint density at radius 1 is 1.22 bits per heavy atom. The molecule has 4 rings (SSSR count). The van der Waals surface area contributed by atoms with Crippen LogP contribution in [0, 0.1) is 5.82 Å². The summed E-state index contributed by atoms with van der Waals surface area (Å²) in [7, 11) is 0. The van der Waals surface area contributed by atoms with E-state index in [0.717, 1.165) is 39.9 Å². The molecule has 138 valence electrons. The Labute approximate surface area is 164 Å². The fourth-order valence-corrected chi connectivity index (χ4v) is 4.98. The molecule has 0 unspecified atom stereocenters. The number of hydrogen-bond donors (Lipinski definition) is 0. The molecule has 0 saturated carbocycles. The average Bonchev–Trinajstić information content (AvgIpc) is 3.05. The standard InChI is InChI=1S/C20H18FN3OS2/c1-2-3-11-26-20-23-16-15-5-4-10-22-18(15)27-17(16)19(25)24(20)12-13-6-8-14(21)9-7-13/h4-10H,2-3,11-12H2,1H3. The second-order valence-electron chi connectivity index (χ2n) is 6.25. The minimum atomic E-state index is -0.284. The van der Waals surface area contributed by atoms with Crippen LogP contribution in [0.5, 0.6) is 0 Å². The number of thiophene rings is 1. The molecule has 0 fully saturated rings. The first-order chi connectivity index (χ1) is 13.2. The van der Waals surface area contributed by atoms with E-state index in [4.69, 9.17) is 4.98 Å². The van der Waals surface area contributed by atoms with Crippen LogP contribution < -0.4 is 5.56 Å². The molecule has 0 atom stereocenters. The largest absolute Gasteiger partial charge is 0.282 e. The van der Waals surface area contributed by atoms with E-state index in [1.165, 1.54) is 23.5 Å². The molecule has 0 aliphatic carbocycles. The molecule has 0 N–H and O–H groups in total. The Kier molecular flexibility index (Phi) is 5.22. The van der Waals surface area contributed by atoms with Crippen LogP contribution in [-0.2, 0) is 6.54 Å². The Balaban J connectivity index is 1.86. The molecule has 7 heteroatoms. The van der Waals surface area contributed by atoms with Crippen LogP contribution >= 0.6 is 23.1 Å². The zero-order valence-corrected chi connectivity index (χ0v) is 16.4. The molecule has 4 aromatic rings. The van der Waals surface area contributed by atoms with Crippen LogP contribution in [-0.4, -0.2) is 20.3 Å². The van der Waals surface area contributed by atoms with Gasteiger partial charge in [-0.15, -0.1) is 11.3 Å². The Hall–Kier alpha value is -2.25. The minimum Gasteiger partial charge on any atom is -0.282 e. The van der Waals surface area contributed by atoms with E-state index in [1.54, 1.807) is 34.7 Å². The van der Waals surface area contributed by atoms with Gasteiger partial charge in [0, 0.05) is 17.3 Å². The van der Waals surface area contributed by atoms with Crippen molar-refractivity contribution in [3.8, 4) is 0 Å². The van der Waals surface area contributed by atoms with Gasteiger partial charge in [0.2, 0.25) is 0 Å². The van der Waals surface area contributed by atoms with E-state index in [0.29, 0.717) is 16.4 Å². The van der Waals surface area contributed by atoms with Crippen LogP contribution in [0.25, 0.3) is 20.4 Å². The SMILES string of the molecule is CCCCSc1nc2c(sc3ncccc32)c(=O)n1Cc1ccc(F)cc1. The molecule has 0 spiro atoms. The number of benzene rings is 1. The maximum Gasteiger partial charge on any atom is 0.272 e. The average molecular weight is 400 g/mol. The van der Waals surface area contributed by atoms with Gasteiger partial charge in [-0.1, -0.05) is 37.2 Å². The summed E-state index contributed by atoms with van der Waals surface area (Å²) in [6, 6.07) is 10.1. The Morgan fingerprint density at radius 3 is 2.81 bits per heavy atom. The lowest BCUT2D eigenvalue weighted by Gasteiger charge is -2.12. The predicted octanol–water partition coefficient (Wildman–Crippen LogP) is 5.09. The normalized spacial score (nSPS) is 11.5. The summed E-state index contributed by atoms with van der Waals surface area (Å²) >= 11 is 2.97. The Bertz CT molecular complexity index is 1150. The summed E-state index contributed by atoms with van der Waals surface area (Å²) in [5.74, 6) is 0.617.